The zero-order valence-corrected chi connectivity index (χ0v) is 11.9. The van der Waals surface area contributed by atoms with Crippen molar-refractivity contribution in [1.29, 1.82) is 0 Å². The topological polar surface area (TPSA) is 30.5 Å². The molecular formula is C14H27NO2. The summed E-state index contributed by atoms with van der Waals surface area (Å²) in [6, 6.07) is 0.169. The van der Waals surface area contributed by atoms with Crippen LogP contribution in [0.4, 0.5) is 0 Å². The van der Waals surface area contributed by atoms with Crippen molar-refractivity contribution in [3.05, 3.63) is 11.8 Å². The Kier molecular flexibility index (Phi) is 5.47. The van der Waals surface area contributed by atoms with Crippen molar-refractivity contribution in [3.8, 4) is 0 Å². The average molecular weight is 241 g/mol. The van der Waals surface area contributed by atoms with Gasteiger partial charge in [0.25, 0.3) is 0 Å². The maximum absolute atomic E-state index is 5.71. The first-order chi connectivity index (χ1) is 8.00. The molecule has 1 rings (SSSR count). The van der Waals surface area contributed by atoms with Gasteiger partial charge in [0.1, 0.15) is 5.76 Å². The quantitative estimate of drug-likeness (QED) is 0.775. The molecule has 0 fully saturated rings. The lowest BCUT2D eigenvalue weighted by atomic mass is 9.83. The van der Waals surface area contributed by atoms with Gasteiger partial charge in [-0.1, -0.05) is 27.7 Å². The fraction of sp³-hybridized carbons (Fsp3) is 0.857. The average Bonchev–Trinajstić information content (AvgIpc) is 2.75. The van der Waals surface area contributed by atoms with E-state index in [-0.39, 0.29) is 17.6 Å². The molecule has 17 heavy (non-hydrogen) atoms. The monoisotopic (exact) mass is 241 g/mol. The van der Waals surface area contributed by atoms with E-state index in [9.17, 15) is 0 Å². The van der Waals surface area contributed by atoms with Crippen LogP contribution in [0.1, 0.15) is 40.5 Å². The zero-order valence-electron chi connectivity index (χ0n) is 11.9. The summed E-state index contributed by atoms with van der Waals surface area (Å²) >= 11 is 0. The van der Waals surface area contributed by atoms with Gasteiger partial charge in [-0.05, 0) is 24.5 Å². The van der Waals surface area contributed by atoms with Crippen molar-refractivity contribution in [1.82, 2.24) is 5.32 Å². The van der Waals surface area contributed by atoms with Gasteiger partial charge in [-0.15, -0.1) is 0 Å². The highest BCUT2D eigenvalue weighted by Crippen LogP contribution is 2.29. The third-order valence-electron chi connectivity index (χ3n) is 3.06. The van der Waals surface area contributed by atoms with Crippen LogP contribution in [-0.2, 0) is 9.47 Å². The molecule has 0 aliphatic carbocycles. The molecule has 1 aliphatic rings. The third kappa shape index (κ3) is 4.00. The standard InChI is InChI=1S/C14H27NO2/c1-6-9-15-12(11-8-7-10-17-11)13(16-5)14(2,3)4/h8,12-13,15H,6-7,9-10H2,1-5H3. The van der Waals surface area contributed by atoms with Crippen molar-refractivity contribution in [2.45, 2.75) is 52.7 Å². The summed E-state index contributed by atoms with van der Waals surface area (Å²) in [5.41, 5.74) is 0.0902. The molecule has 3 nitrogen and oxygen atoms in total. The van der Waals surface area contributed by atoms with E-state index in [1.54, 1.807) is 7.11 Å². The minimum absolute atomic E-state index is 0.0902. The molecule has 1 N–H and O–H groups in total. The van der Waals surface area contributed by atoms with Crippen LogP contribution in [0.2, 0.25) is 0 Å². The number of nitrogens with one attached hydrogen (secondary N) is 1. The van der Waals surface area contributed by atoms with Crippen molar-refractivity contribution in [2.24, 2.45) is 5.41 Å². The van der Waals surface area contributed by atoms with Gasteiger partial charge in [-0.2, -0.15) is 0 Å². The molecule has 2 atom stereocenters. The van der Waals surface area contributed by atoms with Crippen LogP contribution in [-0.4, -0.2) is 32.4 Å². The Labute approximate surface area is 106 Å². The summed E-state index contributed by atoms with van der Waals surface area (Å²) in [5, 5.41) is 3.55. The summed E-state index contributed by atoms with van der Waals surface area (Å²) in [5.74, 6) is 1.06. The number of ether oxygens (including phenoxy) is 2. The molecule has 1 aliphatic heterocycles. The van der Waals surface area contributed by atoms with Gasteiger partial charge in [0, 0.05) is 13.5 Å². The largest absolute Gasteiger partial charge is 0.496 e. The molecular weight excluding hydrogens is 214 g/mol. The van der Waals surface area contributed by atoms with Gasteiger partial charge in [0.15, 0.2) is 0 Å². The molecule has 0 radical (unpaired) electrons. The Morgan fingerprint density at radius 2 is 2.18 bits per heavy atom. The molecule has 0 aromatic rings. The maximum atomic E-state index is 5.71. The SMILES string of the molecule is CCCNC(C1=CCCO1)C(OC)C(C)(C)C. The number of rotatable bonds is 6. The van der Waals surface area contributed by atoms with E-state index >= 15 is 0 Å². The van der Waals surface area contributed by atoms with E-state index in [2.05, 4.69) is 39.1 Å². The fourth-order valence-electron chi connectivity index (χ4n) is 2.30. The first kappa shape index (κ1) is 14.5. The Morgan fingerprint density at radius 3 is 2.59 bits per heavy atom. The van der Waals surface area contributed by atoms with E-state index in [1.165, 1.54) is 0 Å². The molecule has 3 heteroatoms. The summed E-state index contributed by atoms with van der Waals surface area (Å²) in [7, 11) is 1.78. The first-order valence-electron chi connectivity index (χ1n) is 6.59. The molecule has 0 aromatic carbocycles. The Balaban J connectivity index is 2.79. The van der Waals surface area contributed by atoms with E-state index in [4.69, 9.17) is 9.47 Å². The molecule has 0 aromatic heterocycles. The highest BCUT2D eigenvalue weighted by molar-refractivity contribution is 5.11. The van der Waals surface area contributed by atoms with Crippen LogP contribution in [0.15, 0.2) is 11.8 Å². The van der Waals surface area contributed by atoms with Crippen molar-refractivity contribution in [3.63, 3.8) is 0 Å². The summed E-state index contributed by atoms with van der Waals surface area (Å²) in [4.78, 5) is 0. The normalized spacial score (nSPS) is 19.7. The number of hydrogen-bond acceptors (Lipinski definition) is 3. The Morgan fingerprint density at radius 1 is 1.47 bits per heavy atom. The van der Waals surface area contributed by atoms with E-state index in [1.807, 2.05) is 0 Å². The zero-order chi connectivity index (χ0) is 12.9. The summed E-state index contributed by atoms with van der Waals surface area (Å²) in [6.45, 7) is 10.6. The minimum atomic E-state index is 0.0902. The van der Waals surface area contributed by atoms with Gasteiger partial charge in [0.05, 0.1) is 18.8 Å². The van der Waals surface area contributed by atoms with Gasteiger partial charge in [-0.25, -0.2) is 0 Å². The molecule has 0 saturated heterocycles. The van der Waals surface area contributed by atoms with Gasteiger partial charge in [0.2, 0.25) is 0 Å². The molecule has 0 saturated carbocycles. The second kappa shape index (κ2) is 6.41. The van der Waals surface area contributed by atoms with Crippen LogP contribution in [0.25, 0.3) is 0 Å². The molecule has 0 bridgehead atoms. The molecule has 0 amide bonds. The van der Waals surface area contributed by atoms with E-state index in [0.29, 0.717) is 0 Å². The van der Waals surface area contributed by atoms with Gasteiger partial charge >= 0.3 is 0 Å². The van der Waals surface area contributed by atoms with E-state index in [0.717, 1.165) is 31.8 Å². The Bertz CT molecular complexity index is 255. The summed E-state index contributed by atoms with van der Waals surface area (Å²) < 4.78 is 11.4. The van der Waals surface area contributed by atoms with Gasteiger partial charge < -0.3 is 14.8 Å². The van der Waals surface area contributed by atoms with Crippen LogP contribution in [0.3, 0.4) is 0 Å². The highest BCUT2D eigenvalue weighted by Gasteiger charge is 2.35. The maximum Gasteiger partial charge on any atom is 0.112 e. The highest BCUT2D eigenvalue weighted by atomic mass is 16.5. The fourth-order valence-corrected chi connectivity index (χ4v) is 2.30. The predicted molar refractivity (Wildman–Crippen MR) is 71.0 cm³/mol. The van der Waals surface area contributed by atoms with Gasteiger partial charge in [-0.3, -0.25) is 0 Å². The minimum Gasteiger partial charge on any atom is -0.496 e. The van der Waals surface area contributed by atoms with Crippen LogP contribution >= 0.6 is 0 Å². The molecule has 1 heterocycles. The summed E-state index contributed by atoms with van der Waals surface area (Å²) in [6.07, 6.45) is 4.44. The van der Waals surface area contributed by atoms with Crippen LogP contribution in [0, 0.1) is 5.41 Å². The lowest BCUT2D eigenvalue weighted by Gasteiger charge is -2.36. The Hall–Kier alpha value is -0.540. The molecule has 100 valence electrons. The van der Waals surface area contributed by atoms with Crippen LogP contribution in [0.5, 0.6) is 0 Å². The third-order valence-corrected chi connectivity index (χ3v) is 3.06. The molecule has 0 spiro atoms. The predicted octanol–water partition coefficient (Wildman–Crippen LogP) is 2.72. The number of methoxy groups -OCH3 is 1. The van der Waals surface area contributed by atoms with E-state index < -0.39 is 0 Å². The lowest BCUT2D eigenvalue weighted by molar-refractivity contribution is -0.0144. The van der Waals surface area contributed by atoms with Crippen molar-refractivity contribution < 1.29 is 9.47 Å². The first-order valence-corrected chi connectivity index (χ1v) is 6.59. The second-order valence-corrected chi connectivity index (χ2v) is 5.70. The second-order valence-electron chi connectivity index (χ2n) is 5.70. The molecule has 2 unspecified atom stereocenters. The lowest BCUT2D eigenvalue weighted by Crippen LogP contribution is -2.49. The van der Waals surface area contributed by atoms with Crippen LogP contribution < -0.4 is 5.32 Å². The van der Waals surface area contributed by atoms with Crippen molar-refractivity contribution in [2.75, 3.05) is 20.3 Å². The van der Waals surface area contributed by atoms with Crippen molar-refractivity contribution >= 4 is 0 Å². The number of hydrogen-bond donors (Lipinski definition) is 1. The smallest absolute Gasteiger partial charge is 0.112 e.